The van der Waals surface area contributed by atoms with Crippen LogP contribution in [0.25, 0.3) is 0 Å². The highest BCUT2D eigenvalue weighted by molar-refractivity contribution is 7.89. The Kier molecular flexibility index (Phi) is 7.29. The van der Waals surface area contributed by atoms with Crippen LogP contribution in [0.4, 0.5) is 5.69 Å². The lowest BCUT2D eigenvalue weighted by molar-refractivity contribution is -0.387. The minimum atomic E-state index is -4.06. The molecule has 1 aromatic heterocycles. The van der Waals surface area contributed by atoms with Crippen molar-refractivity contribution in [3.05, 3.63) is 64.0 Å². The molecule has 1 aliphatic rings. The van der Waals surface area contributed by atoms with Crippen molar-refractivity contribution >= 4 is 15.7 Å². The van der Waals surface area contributed by atoms with Crippen molar-refractivity contribution in [3.8, 4) is 0 Å². The Labute approximate surface area is 171 Å². The molecule has 0 fully saturated rings. The Morgan fingerprint density at radius 1 is 0.966 bits per heavy atom. The molecule has 156 valence electrons. The maximum atomic E-state index is 13.3. The lowest BCUT2D eigenvalue weighted by Gasteiger charge is -2.22. The third kappa shape index (κ3) is 5.59. The summed E-state index contributed by atoms with van der Waals surface area (Å²) in [5, 5.41) is 14.6. The predicted octanol–water partition coefficient (Wildman–Crippen LogP) is 2.89. The van der Waals surface area contributed by atoms with Crippen LogP contribution in [0.5, 0.6) is 0 Å². The van der Waals surface area contributed by atoms with Gasteiger partial charge >= 0.3 is 0 Å². The molecule has 0 radical (unpaired) electrons. The number of aromatic nitrogens is 1. The first-order valence-electron chi connectivity index (χ1n) is 9.87. The number of sulfonamides is 1. The molecule has 2 heterocycles. The van der Waals surface area contributed by atoms with Crippen LogP contribution in [0, 0.1) is 10.1 Å². The third-order valence-corrected chi connectivity index (χ3v) is 6.85. The summed E-state index contributed by atoms with van der Waals surface area (Å²) in [7, 11) is -4.06. The molecule has 1 aromatic carbocycles. The van der Waals surface area contributed by atoms with Gasteiger partial charge in [0, 0.05) is 24.8 Å². The number of hydrogen-bond acceptors (Lipinski definition) is 6. The Morgan fingerprint density at radius 3 is 2.55 bits per heavy atom. The van der Waals surface area contributed by atoms with Gasteiger partial charge in [-0.15, -0.1) is 0 Å². The van der Waals surface area contributed by atoms with E-state index >= 15 is 0 Å². The predicted molar refractivity (Wildman–Crippen MR) is 110 cm³/mol. The van der Waals surface area contributed by atoms with E-state index in [9.17, 15) is 18.5 Å². The fourth-order valence-corrected chi connectivity index (χ4v) is 4.99. The second-order valence-corrected chi connectivity index (χ2v) is 9.00. The van der Waals surface area contributed by atoms with Crippen LogP contribution in [0.1, 0.15) is 37.1 Å². The summed E-state index contributed by atoms with van der Waals surface area (Å²) in [6.45, 7) is 1.58. The Bertz CT molecular complexity index is 949. The lowest BCUT2D eigenvalue weighted by atomic mass is 10.1. The summed E-state index contributed by atoms with van der Waals surface area (Å²) < 4.78 is 27.9. The number of nitrogens with one attached hydrogen (secondary N) is 1. The summed E-state index contributed by atoms with van der Waals surface area (Å²) in [6, 6.07) is 11.1. The van der Waals surface area contributed by atoms with Gasteiger partial charge in [-0.1, -0.05) is 31.0 Å². The SMILES string of the molecule is O=[N+]([O-])c1ccccc1S(=O)(=O)N1CCNCCCCCCc2cccc(n2)C1. The first-order valence-corrected chi connectivity index (χ1v) is 11.3. The van der Waals surface area contributed by atoms with Gasteiger partial charge in [0.1, 0.15) is 0 Å². The van der Waals surface area contributed by atoms with Gasteiger partial charge in [-0.25, -0.2) is 8.42 Å². The van der Waals surface area contributed by atoms with E-state index in [4.69, 9.17) is 0 Å². The van der Waals surface area contributed by atoms with Gasteiger partial charge < -0.3 is 5.32 Å². The number of aryl methyl sites for hydroxylation is 1. The molecule has 9 heteroatoms. The fraction of sp³-hybridized carbons (Fsp3) is 0.450. The Hall–Kier alpha value is -2.36. The van der Waals surface area contributed by atoms with Crippen molar-refractivity contribution in [2.24, 2.45) is 0 Å². The van der Waals surface area contributed by atoms with E-state index in [1.54, 1.807) is 6.07 Å². The average Bonchev–Trinajstić information content (AvgIpc) is 2.71. The number of pyridine rings is 1. The quantitative estimate of drug-likeness (QED) is 0.607. The molecule has 0 unspecified atom stereocenters. The van der Waals surface area contributed by atoms with Crippen LogP contribution < -0.4 is 5.32 Å². The zero-order valence-corrected chi connectivity index (χ0v) is 17.1. The zero-order valence-electron chi connectivity index (χ0n) is 16.3. The van der Waals surface area contributed by atoms with Crippen LogP contribution in [0.15, 0.2) is 47.4 Å². The molecule has 3 rings (SSSR count). The molecule has 1 N–H and O–H groups in total. The van der Waals surface area contributed by atoms with E-state index < -0.39 is 20.6 Å². The number of nitro groups is 1. The first kappa shape index (κ1) is 21.4. The summed E-state index contributed by atoms with van der Waals surface area (Å²) >= 11 is 0. The van der Waals surface area contributed by atoms with E-state index in [1.165, 1.54) is 28.6 Å². The van der Waals surface area contributed by atoms with E-state index in [0.717, 1.165) is 44.3 Å². The van der Waals surface area contributed by atoms with Gasteiger partial charge in [0.25, 0.3) is 5.69 Å². The summed E-state index contributed by atoms with van der Waals surface area (Å²) in [5.74, 6) is 0. The molecule has 2 aromatic rings. The number of nitro benzene ring substituents is 1. The van der Waals surface area contributed by atoms with Gasteiger partial charge in [-0.2, -0.15) is 4.31 Å². The number of rotatable bonds is 3. The number of hydrogen-bond donors (Lipinski definition) is 1. The first-order chi connectivity index (χ1) is 14.0. The van der Waals surface area contributed by atoms with Gasteiger partial charge in [-0.05, 0) is 44.0 Å². The molecule has 2 bridgehead atoms. The summed E-state index contributed by atoms with van der Waals surface area (Å²) in [6.07, 6.45) is 5.20. The molecule has 0 aliphatic carbocycles. The molecular weight excluding hydrogens is 392 g/mol. The van der Waals surface area contributed by atoms with Gasteiger partial charge in [0.05, 0.1) is 17.2 Å². The number of nitrogens with zero attached hydrogens (tertiary/aromatic N) is 3. The summed E-state index contributed by atoms with van der Waals surface area (Å²) in [4.78, 5) is 15.0. The van der Waals surface area contributed by atoms with Crippen molar-refractivity contribution in [1.82, 2.24) is 14.6 Å². The Morgan fingerprint density at radius 2 is 1.72 bits per heavy atom. The van der Waals surface area contributed by atoms with Gasteiger partial charge in [-0.3, -0.25) is 15.1 Å². The molecule has 0 saturated carbocycles. The second-order valence-electron chi connectivity index (χ2n) is 7.10. The molecular formula is C20H26N4O4S. The summed E-state index contributed by atoms with van der Waals surface area (Å²) in [5.41, 5.74) is 1.17. The van der Waals surface area contributed by atoms with Crippen molar-refractivity contribution < 1.29 is 13.3 Å². The van der Waals surface area contributed by atoms with Gasteiger partial charge in [0.15, 0.2) is 4.90 Å². The van der Waals surface area contributed by atoms with Crippen LogP contribution in [-0.2, 0) is 23.0 Å². The molecule has 29 heavy (non-hydrogen) atoms. The highest BCUT2D eigenvalue weighted by atomic mass is 32.2. The molecule has 0 saturated heterocycles. The number of benzene rings is 1. The Balaban J connectivity index is 1.94. The molecule has 0 spiro atoms. The fourth-order valence-electron chi connectivity index (χ4n) is 3.43. The highest BCUT2D eigenvalue weighted by Gasteiger charge is 2.31. The molecule has 8 nitrogen and oxygen atoms in total. The number of para-hydroxylation sites is 1. The van der Waals surface area contributed by atoms with Crippen molar-refractivity contribution in [2.45, 2.75) is 43.5 Å². The van der Waals surface area contributed by atoms with E-state index in [1.807, 2.05) is 12.1 Å². The third-order valence-electron chi connectivity index (χ3n) is 4.96. The second kappa shape index (κ2) is 9.91. The maximum Gasteiger partial charge on any atom is 0.289 e. The van der Waals surface area contributed by atoms with Crippen LogP contribution >= 0.6 is 0 Å². The minimum Gasteiger partial charge on any atom is -0.315 e. The van der Waals surface area contributed by atoms with Gasteiger partial charge in [0.2, 0.25) is 10.0 Å². The average molecular weight is 419 g/mol. The van der Waals surface area contributed by atoms with E-state index in [0.29, 0.717) is 12.2 Å². The van der Waals surface area contributed by atoms with E-state index in [-0.39, 0.29) is 18.0 Å². The number of fused-ring (bicyclic) bond motifs is 2. The largest absolute Gasteiger partial charge is 0.315 e. The lowest BCUT2D eigenvalue weighted by Crippen LogP contribution is -2.37. The topological polar surface area (TPSA) is 105 Å². The van der Waals surface area contributed by atoms with Crippen LogP contribution in [0.2, 0.25) is 0 Å². The standard InChI is InChI=1S/C20H26N4O4S/c25-24(26)19-11-4-5-12-20(19)29(27,28)23-15-14-21-13-6-2-1-3-8-17-9-7-10-18(16-23)22-17/h4-5,7,9-12,21H,1-3,6,8,13-16H2. The maximum absolute atomic E-state index is 13.3. The highest BCUT2D eigenvalue weighted by Crippen LogP contribution is 2.27. The normalized spacial score (nSPS) is 17.4. The molecule has 1 aliphatic heterocycles. The van der Waals surface area contributed by atoms with E-state index in [2.05, 4.69) is 10.3 Å². The minimum absolute atomic E-state index is 0.0733. The monoisotopic (exact) mass is 418 g/mol. The molecule has 0 amide bonds. The zero-order chi connectivity index (χ0) is 20.7. The smallest absolute Gasteiger partial charge is 0.289 e. The van der Waals surface area contributed by atoms with Crippen LogP contribution in [0.3, 0.4) is 0 Å². The molecule has 0 atom stereocenters. The van der Waals surface area contributed by atoms with Crippen molar-refractivity contribution in [3.63, 3.8) is 0 Å². The van der Waals surface area contributed by atoms with Crippen LogP contribution in [-0.4, -0.2) is 42.3 Å². The van der Waals surface area contributed by atoms with Crippen molar-refractivity contribution in [1.29, 1.82) is 0 Å². The van der Waals surface area contributed by atoms with Crippen molar-refractivity contribution in [2.75, 3.05) is 19.6 Å².